The fourth-order valence-corrected chi connectivity index (χ4v) is 2.50. The van der Waals surface area contributed by atoms with Crippen molar-refractivity contribution in [3.63, 3.8) is 0 Å². The van der Waals surface area contributed by atoms with Crippen molar-refractivity contribution in [2.24, 2.45) is 0 Å². The summed E-state index contributed by atoms with van der Waals surface area (Å²) < 4.78 is 5.97. The predicted molar refractivity (Wildman–Crippen MR) is 71.7 cm³/mol. The highest BCUT2D eigenvalue weighted by Gasteiger charge is 2.33. The molecule has 0 spiro atoms. The first-order valence-electron chi connectivity index (χ1n) is 5.77. The molecule has 94 valence electrons. The third-order valence-electron chi connectivity index (χ3n) is 2.77. The van der Waals surface area contributed by atoms with Gasteiger partial charge in [0.15, 0.2) is 0 Å². The molecule has 1 unspecified atom stereocenters. The molecule has 1 aliphatic heterocycles. The van der Waals surface area contributed by atoms with Gasteiger partial charge in [0.25, 0.3) is 0 Å². The summed E-state index contributed by atoms with van der Waals surface area (Å²) >= 11 is 3.49. The van der Waals surface area contributed by atoms with E-state index in [1.165, 1.54) is 0 Å². The van der Waals surface area contributed by atoms with Crippen LogP contribution in [0.25, 0.3) is 0 Å². The van der Waals surface area contributed by atoms with Gasteiger partial charge in [-0.15, -0.1) is 0 Å². The molecule has 2 rings (SSSR count). The van der Waals surface area contributed by atoms with Crippen LogP contribution in [0, 0.1) is 6.92 Å². The van der Waals surface area contributed by atoms with Crippen molar-refractivity contribution in [1.29, 1.82) is 0 Å². The Balaban J connectivity index is 2.20. The molecule has 5 heteroatoms. The molecular formula is C12H18BrN3O. The number of rotatable bonds is 2. The average Bonchev–Trinajstić information content (AvgIpc) is 2.27. The van der Waals surface area contributed by atoms with E-state index in [4.69, 9.17) is 4.74 Å². The highest BCUT2D eigenvalue weighted by Crippen LogP contribution is 2.25. The van der Waals surface area contributed by atoms with Gasteiger partial charge in [-0.2, -0.15) is 0 Å². The second kappa shape index (κ2) is 4.90. The number of aromatic nitrogens is 2. The molecule has 0 aliphatic carbocycles. The van der Waals surface area contributed by atoms with Crippen LogP contribution >= 0.6 is 15.9 Å². The smallest absolute Gasteiger partial charge is 0.132 e. The van der Waals surface area contributed by atoms with E-state index in [1.54, 1.807) is 6.33 Å². The minimum Gasteiger partial charge on any atom is -0.368 e. The van der Waals surface area contributed by atoms with E-state index in [0.29, 0.717) is 0 Å². The summed E-state index contributed by atoms with van der Waals surface area (Å²) in [5.41, 5.74) is 0.852. The maximum Gasteiger partial charge on any atom is 0.132 e. The lowest BCUT2D eigenvalue weighted by Crippen LogP contribution is -2.53. The van der Waals surface area contributed by atoms with Crippen LogP contribution in [0.15, 0.2) is 12.4 Å². The number of alkyl halides is 1. The second-order valence-electron chi connectivity index (χ2n) is 5.05. The van der Waals surface area contributed by atoms with Gasteiger partial charge in [0.1, 0.15) is 12.1 Å². The van der Waals surface area contributed by atoms with Crippen LogP contribution in [0.1, 0.15) is 19.5 Å². The van der Waals surface area contributed by atoms with Crippen molar-refractivity contribution in [3.8, 4) is 0 Å². The zero-order valence-corrected chi connectivity index (χ0v) is 12.1. The molecule has 1 saturated heterocycles. The summed E-state index contributed by atoms with van der Waals surface area (Å²) in [6.45, 7) is 7.93. The van der Waals surface area contributed by atoms with Crippen molar-refractivity contribution >= 4 is 21.7 Å². The van der Waals surface area contributed by atoms with Crippen molar-refractivity contribution in [2.75, 3.05) is 23.3 Å². The van der Waals surface area contributed by atoms with Gasteiger partial charge < -0.3 is 9.64 Å². The molecule has 1 aromatic heterocycles. The zero-order chi connectivity index (χ0) is 12.5. The molecule has 0 N–H and O–H groups in total. The molecule has 0 bridgehead atoms. The van der Waals surface area contributed by atoms with Crippen molar-refractivity contribution in [1.82, 2.24) is 9.97 Å². The van der Waals surface area contributed by atoms with Crippen LogP contribution in [-0.4, -0.2) is 40.1 Å². The van der Waals surface area contributed by atoms with Crippen LogP contribution < -0.4 is 4.90 Å². The Bertz CT molecular complexity index is 397. The van der Waals surface area contributed by atoms with Crippen LogP contribution in [0.3, 0.4) is 0 Å². The maximum absolute atomic E-state index is 5.97. The molecule has 1 fully saturated rings. The largest absolute Gasteiger partial charge is 0.368 e. The average molecular weight is 300 g/mol. The van der Waals surface area contributed by atoms with Gasteiger partial charge in [0.2, 0.25) is 0 Å². The summed E-state index contributed by atoms with van der Waals surface area (Å²) in [5, 5.41) is 0.844. The van der Waals surface area contributed by atoms with Gasteiger partial charge >= 0.3 is 0 Å². The lowest BCUT2D eigenvalue weighted by atomic mass is 10.1. The second-order valence-corrected chi connectivity index (χ2v) is 5.70. The topological polar surface area (TPSA) is 38.2 Å². The van der Waals surface area contributed by atoms with Crippen LogP contribution in [0.5, 0.6) is 0 Å². The summed E-state index contributed by atoms with van der Waals surface area (Å²) in [4.78, 5) is 10.7. The third kappa shape index (κ3) is 3.16. The molecule has 1 atom stereocenters. The van der Waals surface area contributed by atoms with Crippen LogP contribution in [0.2, 0.25) is 0 Å². The molecule has 17 heavy (non-hydrogen) atoms. The standard InChI is InChI=1S/C12H18BrN3O/c1-9-4-11(15-8-14-9)16-6-10(5-13)17-12(2,3)7-16/h4,8,10H,5-7H2,1-3H3. The van der Waals surface area contributed by atoms with E-state index < -0.39 is 0 Å². The van der Waals surface area contributed by atoms with Crippen molar-refractivity contribution in [2.45, 2.75) is 32.5 Å². The van der Waals surface area contributed by atoms with Gasteiger partial charge in [0, 0.05) is 30.2 Å². The number of nitrogens with zero attached hydrogens (tertiary/aromatic N) is 3. The number of halogens is 1. The first kappa shape index (κ1) is 12.8. The highest BCUT2D eigenvalue weighted by atomic mass is 79.9. The van der Waals surface area contributed by atoms with Crippen molar-refractivity contribution in [3.05, 3.63) is 18.1 Å². The molecule has 0 aromatic carbocycles. The number of ether oxygens (including phenoxy) is 1. The molecule has 0 amide bonds. The Hall–Kier alpha value is -0.680. The third-order valence-corrected chi connectivity index (χ3v) is 3.49. The van der Waals surface area contributed by atoms with E-state index in [1.807, 2.05) is 13.0 Å². The lowest BCUT2D eigenvalue weighted by Gasteiger charge is -2.42. The Morgan fingerprint density at radius 2 is 2.29 bits per heavy atom. The molecule has 1 aromatic rings. The predicted octanol–water partition coefficient (Wildman–Crippen LogP) is 2.16. The minimum absolute atomic E-state index is 0.143. The summed E-state index contributed by atoms with van der Waals surface area (Å²) in [6.07, 6.45) is 1.82. The summed E-state index contributed by atoms with van der Waals surface area (Å²) in [5.74, 6) is 0.986. The first-order valence-corrected chi connectivity index (χ1v) is 6.90. The fourth-order valence-electron chi connectivity index (χ4n) is 2.16. The van der Waals surface area contributed by atoms with Crippen LogP contribution in [-0.2, 0) is 4.74 Å². The van der Waals surface area contributed by atoms with Gasteiger partial charge in [-0.05, 0) is 20.8 Å². The van der Waals surface area contributed by atoms with Gasteiger partial charge in [0.05, 0.1) is 11.7 Å². The Morgan fingerprint density at radius 1 is 1.53 bits per heavy atom. The van der Waals surface area contributed by atoms with E-state index in [-0.39, 0.29) is 11.7 Å². The van der Waals surface area contributed by atoms with E-state index >= 15 is 0 Å². The number of morpholine rings is 1. The Kier molecular flexibility index (Phi) is 3.68. The van der Waals surface area contributed by atoms with E-state index in [2.05, 4.69) is 44.6 Å². The monoisotopic (exact) mass is 299 g/mol. The first-order chi connectivity index (χ1) is 8.00. The number of aryl methyl sites for hydroxylation is 1. The zero-order valence-electron chi connectivity index (χ0n) is 10.5. The van der Waals surface area contributed by atoms with Crippen LogP contribution in [0.4, 0.5) is 5.82 Å². The lowest BCUT2D eigenvalue weighted by molar-refractivity contribution is -0.0726. The van der Waals surface area contributed by atoms with Gasteiger partial charge in [-0.25, -0.2) is 9.97 Å². The molecular weight excluding hydrogens is 282 g/mol. The van der Waals surface area contributed by atoms with E-state index in [9.17, 15) is 0 Å². The molecule has 0 saturated carbocycles. The molecule has 2 heterocycles. The van der Waals surface area contributed by atoms with Gasteiger partial charge in [-0.1, -0.05) is 15.9 Å². The quantitative estimate of drug-likeness (QED) is 0.785. The van der Waals surface area contributed by atoms with E-state index in [0.717, 1.165) is 29.9 Å². The number of anilines is 1. The van der Waals surface area contributed by atoms with Gasteiger partial charge in [-0.3, -0.25) is 0 Å². The molecule has 4 nitrogen and oxygen atoms in total. The summed E-state index contributed by atoms with van der Waals surface area (Å²) in [6, 6.07) is 2.02. The normalized spacial score (nSPS) is 23.8. The highest BCUT2D eigenvalue weighted by molar-refractivity contribution is 9.09. The fraction of sp³-hybridized carbons (Fsp3) is 0.667. The molecule has 1 aliphatic rings. The maximum atomic E-state index is 5.97. The number of hydrogen-bond acceptors (Lipinski definition) is 4. The van der Waals surface area contributed by atoms with Crippen molar-refractivity contribution < 1.29 is 4.74 Å². The Morgan fingerprint density at radius 3 is 2.94 bits per heavy atom. The Labute approximate surface area is 111 Å². The number of hydrogen-bond donors (Lipinski definition) is 0. The minimum atomic E-state index is -0.143. The summed E-state index contributed by atoms with van der Waals surface area (Å²) in [7, 11) is 0. The molecule has 0 radical (unpaired) electrons. The SMILES string of the molecule is Cc1cc(N2CC(CBr)OC(C)(C)C2)ncn1.